The number of rotatable bonds is 3. The van der Waals surface area contributed by atoms with E-state index in [-0.39, 0.29) is 0 Å². The largest absolute Gasteiger partial charge is 0.328 e. The molecule has 0 saturated carbocycles. The summed E-state index contributed by atoms with van der Waals surface area (Å²) >= 11 is 0. The van der Waals surface area contributed by atoms with Crippen LogP contribution < -0.4 is 5.73 Å². The summed E-state index contributed by atoms with van der Waals surface area (Å²) in [5, 5.41) is 8.46. The van der Waals surface area contributed by atoms with Gasteiger partial charge in [-0.3, -0.25) is 0 Å². The molecule has 2 rings (SSSR count). The third-order valence-corrected chi connectivity index (χ3v) is 3.04. The lowest BCUT2D eigenvalue weighted by molar-refractivity contribution is 0.420. The Hall–Kier alpha value is -0.900. The van der Waals surface area contributed by atoms with Gasteiger partial charge in [0.05, 0.1) is 17.4 Å². The Balaban J connectivity index is 2.29. The van der Waals surface area contributed by atoms with Gasteiger partial charge in [0.15, 0.2) is 0 Å². The number of aromatic nitrogens is 3. The molecule has 2 N–H and O–H groups in total. The van der Waals surface area contributed by atoms with E-state index in [9.17, 15) is 0 Å². The van der Waals surface area contributed by atoms with E-state index in [1.807, 2.05) is 0 Å². The molecule has 0 aromatic carbocycles. The summed E-state index contributed by atoms with van der Waals surface area (Å²) in [5.74, 6) is 0. The van der Waals surface area contributed by atoms with Gasteiger partial charge >= 0.3 is 0 Å². The van der Waals surface area contributed by atoms with E-state index in [1.165, 1.54) is 24.2 Å². The van der Waals surface area contributed by atoms with Gasteiger partial charge in [-0.2, -0.15) is 0 Å². The highest BCUT2D eigenvalue weighted by molar-refractivity contribution is 5.14. The minimum Gasteiger partial charge on any atom is -0.328 e. The standard InChI is InChI=1S/C10H18N4/c1-2-8(7-11)14-10-6-4-3-5-9(10)12-13-14/h8H,2-7,11H2,1H3. The van der Waals surface area contributed by atoms with Gasteiger partial charge in [-0.15, -0.1) is 5.10 Å². The molecular formula is C10H18N4. The van der Waals surface area contributed by atoms with E-state index >= 15 is 0 Å². The molecule has 0 saturated heterocycles. The number of nitrogens with zero attached hydrogens (tertiary/aromatic N) is 3. The molecule has 0 bridgehead atoms. The van der Waals surface area contributed by atoms with Gasteiger partial charge in [0.1, 0.15) is 0 Å². The summed E-state index contributed by atoms with van der Waals surface area (Å²) in [6.07, 6.45) is 5.77. The maximum atomic E-state index is 5.72. The molecule has 1 heterocycles. The summed E-state index contributed by atoms with van der Waals surface area (Å²) in [4.78, 5) is 0. The fourth-order valence-corrected chi connectivity index (χ4v) is 2.12. The van der Waals surface area contributed by atoms with E-state index in [0.717, 1.165) is 19.3 Å². The van der Waals surface area contributed by atoms with Gasteiger partial charge in [0, 0.05) is 6.54 Å². The Bertz CT molecular complexity index is 301. The first-order chi connectivity index (χ1) is 6.86. The molecule has 1 aliphatic rings. The van der Waals surface area contributed by atoms with Gasteiger partial charge in [-0.05, 0) is 32.1 Å². The second-order valence-corrected chi connectivity index (χ2v) is 3.93. The summed E-state index contributed by atoms with van der Waals surface area (Å²) < 4.78 is 2.05. The quantitative estimate of drug-likeness (QED) is 0.783. The topological polar surface area (TPSA) is 56.7 Å². The van der Waals surface area contributed by atoms with Crippen LogP contribution in [0.4, 0.5) is 0 Å². The van der Waals surface area contributed by atoms with Crippen molar-refractivity contribution in [3.8, 4) is 0 Å². The smallest absolute Gasteiger partial charge is 0.0859 e. The molecule has 1 unspecified atom stereocenters. The second kappa shape index (κ2) is 4.09. The number of aryl methyl sites for hydroxylation is 1. The molecule has 78 valence electrons. The SMILES string of the molecule is CCC(CN)n1nnc2c1CCCC2. The number of nitrogens with two attached hydrogens (primary N) is 1. The number of hydrogen-bond acceptors (Lipinski definition) is 3. The second-order valence-electron chi connectivity index (χ2n) is 3.93. The molecule has 1 atom stereocenters. The van der Waals surface area contributed by atoms with Crippen LogP contribution in [0.15, 0.2) is 0 Å². The minimum atomic E-state index is 0.337. The molecule has 0 spiro atoms. The summed E-state index contributed by atoms with van der Waals surface area (Å²) in [7, 11) is 0. The zero-order valence-electron chi connectivity index (χ0n) is 8.74. The molecule has 1 aromatic heterocycles. The van der Waals surface area contributed by atoms with Gasteiger partial charge in [-0.1, -0.05) is 12.1 Å². The average Bonchev–Trinajstić information content (AvgIpc) is 2.65. The molecular weight excluding hydrogens is 176 g/mol. The predicted octanol–water partition coefficient (Wildman–Crippen LogP) is 1.07. The van der Waals surface area contributed by atoms with Crippen LogP contribution in [0.2, 0.25) is 0 Å². The first-order valence-corrected chi connectivity index (χ1v) is 5.49. The monoisotopic (exact) mass is 194 g/mol. The van der Waals surface area contributed by atoms with Crippen molar-refractivity contribution in [2.45, 2.75) is 45.1 Å². The lowest BCUT2D eigenvalue weighted by Crippen LogP contribution is -2.22. The van der Waals surface area contributed by atoms with Crippen LogP contribution in [0.1, 0.15) is 43.6 Å². The van der Waals surface area contributed by atoms with Crippen molar-refractivity contribution >= 4 is 0 Å². The minimum absolute atomic E-state index is 0.337. The number of fused-ring (bicyclic) bond motifs is 1. The summed E-state index contributed by atoms with van der Waals surface area (Å²) in [5.41, 5.74) is 8.24. The molecule has 0 fully saturated rings. The molecule has 1 aromatic rings. The Morgan fingerprint density at radius 2 is 2.21 bits per heavy atom. The van der Waals surface area contributed by atoms with Gasteiger partial charge < -0.3 is 5.73 Å². The van der Waals surface area contributed by atoms with E-state index in [0.29, 0.717) is 12.6 Å². The third kappa shape index (κ3) is 1.54. The first-order valence-electron chi connectivity index (χ1n) is 5.49. The normalized spacial score (nSPS) is 17.9. The van der Waals surface area contributed by atoms with E-state index in [2.05, 4.69) is 21.9 Å². The Morgan fingerprint density at radius 1 is 1.43 bits per heavy atom. The van der Waals surface area contributed by atoms with Crippen LogP contribution in [0.3, 0.4) is 0 Å². The van der Waals surface area contributed by atoms with Crippen LogP contribution >= 0.6 is 0 Å². The molecule has 0 radical (unpaired) electrons. The predicted molar refractivity (Wildman–Crippen MR) is 55.0 cm³/mol. The van der Waals surface area contributed by atoms with Crippen LogP contribution in [0.25, 0.3) is 0 Å². The fraction of sp³-hybridized carbons (Fsp3) is 0.800. The highest BCUT2D eigenvalue weighted by atomic mass is 15.4. The maximum absolute atomic E-state index is 5.72. The molecule has 0 aliphatic heterocycles. The first kappa shape index (κ1) is 9.65. The Kier molecular flexibility index (Phi) is 2.82. The highest BCUT2D eigenvalue weighted by Gasteiger charge is 2.20. The molecule has 4 nitrogen and oxygen atoms in total. The maximum Gasteiger partial charge on any atom is 0.0859 e. The van der Waals surface area contributed by atoms with Crippen molar-refractivity contribution in [1.29, 1.82) is 0 Å². The van der Waals surface area contributed by atoms with Crippen molar-refractivity contribution in [2.75, 3.05) is 6.54 Å². The van der Waals surface area contributed by atoms with Crippen molar-refractivity contribution in [2.24, 2.45) is 5.73 Å². The molecule has 14 heavy (non-hydrogen) atoms. The lowest BCUT2D eigenvalue weighted by atomic mass is 10.0. The fourth-order valence-electron chi connectivity index (χ4n) is 2.12. The van der Waals surface area contributed by atoms with Gasteiger partial charge in [0.2, 0.25) is 0 Å². The van der Waals surface area contributed by atoms with Crippen molar-refractivity contribution in [3.63, 3.8) is 0 Å². The van der Waals surface area contributed by atoms with E-state index < -0.39 is 0 Å². The van der Waals surface area contributed by atoms with Crippen LogP contribution in [-0.2, 0) is 12.8 Å². The average molecular weight is 194 g/mol. The lowest BCUT2D eigenvalue weighted by Gasteiger charge is -2.17. The van der Waals surface area contributed by atoms with Crippen LogP contribution in [0, 0.1) is 0 Å². The zero-order chi connectivity index (χ0) is 9.97. The highest BCUT2D eigenvalue weighted by Crippen LogP contribution is 2.22. The van der Waals surface area contributed by atoms with E-state index in [1.54, 1.807) is 0 Å². The molecule has 4 heteroatoms. The van der Waals surface area contributed by atoms with Crippen molar-refractivity contribution < 1.29 is 0 Å². The molecule has 0 amide bonds. The van der Waals surface area contributed by atoms with Gasteiger partial charge in [0.25, 0.3) is 0 Å². The van der Waals surface area contributed by atoms with Crippen molar-refractivity contribution in [1.82, 2.24) is 15.0 Å². The van der Waals surface area contributed by atoms with E-state index in [4.69, 9.17) is 5.73 Å². The zero-order valence-corrected chi connectivity index (χ0v) is 8.74. The third-order valence-electron chi connectivity index (χ3n) is 3.04. The van der Waals surface area contributed by atoms with Crippen LogP contribution in [-0.4, -0.2) is 21.5 Å². The summed E-state index contributed by atoms with van der Waals surface area (Å²) in [6.45, 7) is 2.81. The summed E-state index contributed by atoms with van der Waals surface area (Å²) in [6, 6.07) is 0.337. The molecule has 1 aliphatic carbocycles. The Morgan fingerprint density at radius 3 is 2.93 bits per heavy atom. The Labute approximate surface area is 84.5 Å². The van der Waals surface area contributed by atoms with Gasteiger partial charge in [-0.25, -0.2) is 4.68 Å². The van der Waals surface area contributed by atoms with Crippen molar-refractivity contribution in [3.05, 3.63) is 11.4 Å². The van der Waals surface area contributed by atoms with Crippen LogP contribution in [0.5, 0.6) is 0 Å². The number of hydrogen-bond donors (Lipinski definition) is 1.